The van der Waals surface area contributed by atoms with Crippen molar-refractivity contribution < 1.29 is 60.3 Å². The van der Waals surface area contributed by atoms with Gasteiger partial charge in [-0.3, -0.25) is 15.0 Å². The molecule has 3 aliphatic heterocycles. The van der Waals surface area contributed by atoms with Gasteiger partial charge in [-0.05, 0) is 176 Å². The van der Waals surface area contributed by atoms with Crippen molar-refractivity contribution in [1.29, 1.82) is 0 Å². The maximum atomic E-state index is 5.21. The fraction of sp³-hybridized carbons (Fsp3) is 0.130. The van der Waals surface area contributed by atoms with Crippen LogP contribution in [0.1, 0.15) is 74.9 Å². The largest absolute Gasteiger partial charge is 3.00 e. The molecule has 27 rings (SSSR count). The Bertz CT molecular complexity index is 8180. The first-order chi connectivity index (χ1) is 68.4. The van der Waals surface area contributed by atoms with E-state index in [-0.39, 0.29) is 60.3 Å². The summed E-state index contributed by atoms with van der Waals surface area (Å²) in [5, 5.41) is 8.10. The Morgan fingerprint density at radius 1 is 0.282 bits per heavy atom. The molecule has 9 aromatic heterocycles. The summed E-state index contributed by atoms with van der Waals surface area (Å²) in [6.45, 7) is 19.5. The van der Waals surface area contributed by atoms with Gasteiger partial charge in [-0.15, -0.1) is 95.2 Å². The quantitative estimate of drug-likeness (QED) is 0.110. The number of anilines is 9. The Hall–Kier alpha value is -14.8. The molecule has 12 heterocycles. The van der Waals surface area contributed by atoms with Crippen LogP contribution in [0.5, 0.6) is 0 Å². The van der Waals surface area contributed by atoms with Crippen LogP contribution in [0, 0.1) is 56.4 Å². The molecular formula is C123H103Ir3N16. The third-order valence-electron chi connectivity index (χ3n) is 27.1. The molecule has 0 spiro atoms. The third-order valence-corrected chi connectivity index (χ3v) is 27.1. The molecule has 16 nitrogen and oxygen atoms in total. The molecule has 0 atom stereocenters. The SMILES string of the molecule is CCc1cccc(CC)c1-c1cn2c(n1)c1[c-]cccc1c1c3ccccc3n(C)c12.CCc1cccc(CC)c1-c1cn2c(n1)c1[c-]cccc1n1c3ccccc3cc21.CCc1cccc(CC)c1-c1cn2c(n1)c1[c-]cccc1n1c3ccccc3nc21.CN1[CH-]N(c2[c-]cccc2)c2ccccc21.CN1[CH-]N(c2[c-]cccc2)c2ccccc21.CN1[CH-]N(c2[c-]cccc2)c2ccccc21.[Ir+3].[Ir+3].[Ir+3]. The van der Waals surface area contributed by atoms with Crippen molar-refractivity contribution in [3.63, 3.8) is 0 Å². The molecule has 0 saturated heterocycles. The second-order valence-corrected chi connectivity index (χ2v) is 35.2. The molecule has 24 aromatic rings. The van der Waals surface area contributed by atoms with Gasteiger partial charge in [-0.25, -0.2) is 4.98 Å². The minimum atomic E-state index is 0. The number of hydrogen-bond donors (Lipinski definition) is 0. The second-order valence-electron chi connectivity index (χ2n) is 35.2. The van der Waals surface area contributed by atoms with Gasteiger partial charge in [-0.2, -0.15) is 111 Å². The van der Waals surface area contributed by atoms with Crippen LogP contribution < -0.4 is 29.4 Å². The molecule has 0 aliphatic carbocycles. The fourth-order valence-corrected chi connectivity index (χ4v) is 20.5. The minimum Gasteiger partial charge on any atom is -0.504 e. The number of pyridine rings is 1. The van der Waals surface area contributed by atoms with Crippen LogP contribution in [0.3, 0.4) is 0 Å². The minimum absolute atomic E-state index is 0. The van der Waals surface area contributed by atoms with Crippen molar-refractivity contribution >= 4 is 156 Å². The van der Waals surface area contributed by atoms with Crippen molar-refractivity contribution in [3.05, 3.63) is 442 Å². The van der Waals surface area contributed by atoms with Crippen LogP contribution in [0.15, 0.2) is 352 Å². The van der Waals surface area contributed by atoms with E-state index < -0.39 is 0 Å². The van der Waals surface area contributed by atoms with E-state index in [1.165, 1.54) is 122 Å². The Balaban J connectivity index is 0.000000110. The average Bonchev–Trinajstić information content (AvgIpc) is 1.55. The van der Waals surface area contributed by atoms with E-state index in [9.17, 15) is 0 Å². The number of aromatic nitrogens is 10. The number of rotatable bonds is 12. The Morgan fingerprint density at radius 3 is 1.08 bits per heavy atom. The van der Waals surface area contributed by atoms with Crippen LogP contribution in [0.25, 0.3) is 139 Å². The predicted octanol–water partition coefficient (Wildman–Crippen LogP) is 28.7. The van der Waals surface area contributed by atoms with Crippen molar-refractivity contribution in [1.82, 2.24) is 46.5 Å². The Labute approximate surface area is 869 Å². The van der Waals surface area contributed by atoms with Gasteiger partial charge in [0.25, 0.3) is 0 Å². The van der Waals surface area contributed by atoms with Gasteiger partial charge in [0.05, 0.1) is 45.1 Å². The van der Waals surface area contributed by atoms with Crippen LogP contribution in [0.2, 0.25) is 0 Å². The molecule has 0 bridgehead atoms. The smallest absolute Gasteiger partial charge is 0.504 e. The van der Waals surface area contributed by atoms with Crippen molar-refractivity contribution in [2.45, 2.75) is 80.1 Å². The number of para-hydroxylation sites is 13. The summed E-state index contributed by atoms with van der Waals surface area (Å²) in [5.41, 5.74) is 37.3. The van der Waals surface area contributed by atoms with E-state index in [2.05, 4.69) is 449 Å². The summed E-state index contributed by atoms with van der Waals surface area (Å²) in [6.07, 6.45) is 12.5. The summed E-state index contributed by atoms with van der Waals surface area (Å²) < 4.78 is 13.5. The van der Waals surface area contributed by atoms with Crippen LogP contribution in [0.4, 0.5) is 51.2 Å². The van der Waals surface area contributed by atoms with Crippen molar-refractivity contribution in [2.24, 2.45) is 7.05 Å². The summed E-state index contributed by atoms with van der Waals surface area (Å²) in [4.78, 5) is 33.3. The molecule has 0 amide bonds. The summed E-state index contributed by atoms with van der Waals surface area (Å²) in [6, 6.07) is 135. The maximum Gasteiger partial charge on any atom is 3.00 e. The van der Waals surface area contributed by atoms with Gasteiger partial charge in [0.1, 0.15) is 11.3 Å². The second kappa shape index (κ2) is 41.6. The van der Waals surface area contributed by atoms with Gasteiger partial charge in [0.15, 0.2) is 0 Å². The molecule has 0 N–H and O–H groups in total. The molecule has 0 unspecified atom stereocenters. The molecular weight excluding hydrogens is 2280 g/mol. The molecule has 0 fully saturated rings. The summed E-state index contributed by atoms with van der Waals surface area (Å²) in [5.74, 6) is 0.879. The average molecular weight is 2380 g/mol. The molecule has 19 heteroatoms. The Morgan fingerprint density at radius 2 is 0.627 bits per heavy atom. The number of aryl methyl sites for hydroxylation is 7. The first kappa shape index (κ1) is 96.1. The molecule has 142 heavy (non-hydrogen) atoms. The first-order valence-electron chi connectivity index (χ1n) is 48.0. The van der Waals surface area contributed by atoms with Crippen molar-refractivity contribution in [2.75, 3.05) is 50.5 Å². The number of hydrogen-bond acceptors (Lipinski definition) is 10. The van der Waals surface area contributed by atoms with Crippen molar-refractivity contribution in [3.8, 4) is 33.8 Å². The summed E-state index contributed by atoms with van der Waals surface area (Å²) in [7, 11) is 8.32. The van der Waals surface area contributed by atoms with E-state index >= 15 is 0 Å². The number of fused-ring (bicyclic) bond motifs is 27. The van der Waals surface area contributed by atoms with Gasteiger partial charge < -0.3 is 56.0 Å². The van der Waals surface area contributed by atoms with E-state index in [4.69, 9.17) is 19.9 Å². The molecule has 0 saturated carbocycles. The first-order valence-corrected chi connectivity index (χ1v) is 48.0. The molecule has 3 aliphatic rings. The monoisotopic (exact) mass is 2380 g/mol. The van der Waals surface area contributed by atoms with Gasteiger partial charge in [0, 0.05) is 98.3 Å². The molecule has 702 valence electrons. The van der Waals surface area contributed by atoms with Gasteiger partial charge in [0.2, 0.25) is 5.78 Å². The molecule has 15 aromatic carbocycles. The zero-order valence-corrected chi connectivity index (χ0v) is 87.8. The predicted molar refractivity (Wildman–Crippen MR) is 576 cm³/mol. The van der Waals surface area contributed by atoms with E-state index in [1.54, 1.807) is 0 Å². The van der Waals surface area contributed by atoms with E-state index in [0.29, 0.717) is 0 Å². The van der Waals surface area contributed by atoms with E-state index in [0.717, 1.165) is 139 Å². The zero-order chi connectivity index (χ0) is 94.5. The standard InChI is InChI=1S/C28H24N3.C27H22N3.C26H21N4.3C14H12N2.3Ir/c1-4-18-11-10-12-19(5-2)25(18)23-17-31-27(29-23)21-14-7-6-13-20(21)26-22-15-8-9-16-24(22)30(3)28(26)31;1-3-18-11-9-12-19(4-2)26(18)22-17-29-25-16-20-10-5-7-14-23(20)30(25)24-15-8-6-13-21(24)27(29)28-22;1-3-17-10-9-11-18(4-2)24(17)21-16-29-25(27-21)19-12-5-7-14-22(19)30-23-15-8-6-13-20(23)28-26(29)30;3*1-15-11-16(12-7-3-2-4-8-12)14-10-6-5-9-13(14)15;;;/h6-13,15-17H,4-5H2,1-3H3;5-12,14-17H,3-4H2,1-2H3;5-11,13-16H,3-4H2,1-2H3;3*2-7,9-11H,1H3;;;/q3*-1;3*-2;3*+3. The summed E-state index contributed by atoms with van der Waals surface area (Å²) >= 11 is 0. The third kappa shape index (κ3) is 17.3. The van der Waals surface area contributed by atoms with Crippen LogP contribution in [-0.4, -0.2) is 67.6 Å². The number of nitrogens with zero attached hydrogens (tertiary/aromatic N) is 16. The van der Waals surface area contributed by atoms with Gasteiger partial charge in [-0.1, -0.05) is 197 Å². The maximum absolute atomic E-state index is 5.21. The fourth-order valence-electron chi connectivity index (χ4n) is 20.5. The van der Waals surface area contributed by atoms with Crippen LogP contribution >= 0.6 is 0 Å². The zero-order valence-electron chi connectivity index (χ0n) is 80.6. The number of benzene rings is 15. The van der Waals surface area contributed by atoms with Gasteiger partial charge >= 0.3 is 60.3 Å². The topological polar surface area (TPSA) is 98.0 Å². The number of imidazole rings is 4. The molecule has 0 radical (unpaired) electrons. The van der Waals surface area contributed by atoms with Crippen LogP contribution in [-0.2, 0) is 106 Å². The van der Waals surface area contributed by atoms with E-state index in [1.807, 2.05) is 84.9 Å². The normalized spacial score (nSPS) is 12.4. The Kier molecular flexibility index (Phi) is 28.1.